The number of rotatable bonds is 4. The second-order valence-corrected chi connectivity index (χ2v) is 6.39. The van der Waals surface area contributed by atoms with Crippen molar-refractivity contribution in [1.82, 2.24) is 15.3 Å². The Hall–Kier alpha value is -1.92. The number of nitrogens with zero attached hydrogens (tertiary/aromatic N) is 2. The maximum Gasteiger partial charge on any atom is 0.275 e. The molecule has 0 bridgehead atoms. The molecule has 1 aromatic carbocycles. The van der Waals surface area contributed by atoms with Crippen LogP contribution in [0.5, 0.6) is 0 Å². The lowest BCUT2D eigenvalue weighted by Gasteiger charge is -2.23. The molecule has 5 nitrogen and oxygen atoms in total. The molecular formula is C17H20N4OS. The van der Waals surface area contributed by atoms with Crippen LogP contribution in [0.25, 0.3) is 0 Å². The number of thioether (sulfide) groups is 1. The van der Waals surface area contributed by atoms with Crippen LogP contribution in [0.4, 0.5) is 5.69 Å². The fraction of sp³-hybridized carbons (Fsp3) is 0.353. The van der Waals surface area contributed by atoms with Crippen molar-refractivity contribution in [2.45, 2.75) is 23.8 Å². The van der Waals surface area contributed by atoms with E-state index in [4.69, 9.17) is 0 Å². The van der Waals surface area contributed by atoms with Crippen molar-refractivity contribution < 1.29 is 4.79 Å². The second kappa shape index (κ2) is 7.57. The Balaban J connectivity index is 1.63. The molecule has 0 radical (unpaired) electrons. The predicted octanol–water partition coefficient (Wildman–Crippen LogP) is 2.92. The van der Waals surface area contributed by atoms with Crippen molar-refractivity contribution in [2.24, 2.45) is 0 Å². The van der Waals surface area contributed by atoms with Crippen LogP contribution in [0.2, 0.25) is 0 Å². The minimum atomic E-state index is -0.239. The molecule has 1 aliphatic heterocycles. The normalized spacial score (nSPS) is 17.7. The van der Waals surface area contributed by atoms with Gasteiger partial charge in [-0.1, -0.05) is 12.1 Å². The summed E-state index contributed by atoms with van der Waals surface area (Å²) in [5, 5.41) is 7.08. The minimum absolute atomic E-state index is 0.239. The SMILES string of the molecule is CSc1cnc(C(=O)Nc2ccc(C3CCCNC3)cc2)cn1. The molecule has 2 N–H and O–H groups in total. The highest BCUT2D eigenvalue weighted by atomic mass is 32.2. The van der Waals surface area contributed by atoms with Gasteiger partial charge >= 0.3 is 0 Å². The third-order valence-electron chi connectivity index (χ3n) is 4.01. The number of benzene rings is 1. The Labute approximate surface area is 140 Å². The number of aromatic nitrogens is 2. The Morgan fingerprint density at radius 1 is 1.26 bits per heavy atom. The number of nitrogens with one attached hydrogen (secondary N) is 2. The summed E-state index contributed by atoms with van der Waals surface area (Å²) in [5.41, 5.74) is 2.42. The summed E-state index contributed by atoms with van der Waals surface area (Å²) in [6, 6.07) is 8.09. The second-order valence-electron chi connectivity index (χ2n) is 5.56. The first-order chi connectivity index (χ1) is 11.3. The van der Waals surface area contributed by atoms with Gasteiger partial charge in [0.2, 0.25) is 0 Å². The van der Waals surface area contributed by atoms with E-state index in [1.165, 1.54) is 36.4 Å². The van der Waals surface area contributed by atoms with Gasteiger partial charge in [-0.05, 0) is 49.3 Å². The molecule has 0 spiro atoms. The van der Waals surface area contributed by atoms with Gasteiger partial charge in [0, 0.05) is 12.2 Å². The molecule has 120 valence electrons. The highest BCUT2D eigenvalue weighted by Gasteiger charge is 2.15. The number of amides is 1. The van der Waals surface area contributed by atoms with Crippen LogP contribution in [0.1, 0.15) is 34.8 Å². The van der Waals surface area contributed by atoms with E-state index in [1.807, 2.05) is 18.4 Å². The fourth-order valence-electron chi connectivity index (χ4n) is 2.71. The molecule has 2 aromatic rings. The van der Waals surface area contributed by atoms with E-state index in [1.54, 1.807) is 6.20 Å². The Bertz CT molecular complexity index is 651. The molecule has 1 aromatic heterocycles. The van der Waals surface area contributed by atoms with Gasteiger partial charge in [0.05, 0.1) is 12.4 Å². The van der Waals surface area contributed by atoms with Gasteiger partial charge in [0.1, 0.15) is 10.7 Å². The lowest BCUT2D eigenvalue weighted by Crippen LogP contribution is -2.28. The van der Waals surface area contributed by atoms with Crippen LogP contribution in [0.3, 0.4) is 0 Å². The van der Waals surface area contributed by atoms with Gasteiger partial charge in [0.25, 0.3) is 5.91 Å². The molecule has 1 atom stereocenters. The molecule has 6 heteroatoms. The summed E-state index contributed by atoms with van der Waals surface area (Å²) in [6.07, 6.45) is 7.47. The topological polar surface area (TPSA) is 66.9 Å². The van der Waals surface area contributed by atoms with Gasteiger partial charge in [-0.2, -0.15) is 0 Å². The summed E-state index contributed by atoms with van der Waals surface area (Å²) in [6.45, 7) is 2.14. The van der Waals surface area contributed by atoms with E-state index in [0.29, 0.717) is 11.6 Å². The quantitative estimate of drug-likeness (QED) is 0.845. The summed E-state index contributed by atoms with van der Waals surface area (Å²) >= 11 is 1.50. The van der Waals surface area contributed by atoms with Crippen molar-refractivity contribution in [2.75, 3.05) is 24.7 Å². The first-order valence-corrected chi connectivity index (χ1v) is 8.97. The summed E-state index contributed by atoms with van der Waals surface area (Å²) < 4.78 is 0. The zero-order valence-corrected chi connectivity index (χ0v) is 13.9. The number of piperidine rings is 1. The van der Waals surface area contributed by atoms with E-state index in [-0.39, 0.29) is 5.91 Å². The summed E-state index contributed by atoms with van der Waals surface area (Å²) in [4.78, 5) is 20.5. The number of hydrogen-bond acceptors (Lipinski definition) is 5. The third-order valence-corrected chi connectivity index (χ3v) is 4.64. The highest BCUT2D eigenvalue weighted by Crippen LogP contribution is 2.24. The average molecular weight is 328 g/mol. The van der Waals surface area contributed by atoms with Crippen LogP contribution >= 0.6 is 11.8 Å². The first-order valence-electron chi connectivity index (χ1n) is 7.74. The van der Waals surface area contributed by atoms with E-state index < -0.39 is 0 Å². The van der Waals surface area contributed by atoms with Crippen LogP contribution < -0.4 is 10.6 Å². The molecule has 0 saturated carbocycles. The van der Waals surface area contributed by atoms with E-state index >= 15 is 0 Å². The summed E-state index contributed by atoms with van der Waals surface area (Å²) in [5.74, 6) is 0.329. The summed E-state index contributed by atoms with van der Waals surface area (Å²) in [7, 11) is 0. The maximum atomic E-state index is 12.2. The largest absolute Gasteiger partial charge is 0.321 e. The Kier molecular flexibility index (Phi) is 5.25. The number of anilines is 1. The molecule has 3 rings (SSSR count). The minimum Gasteiger partial charge on any atom is -0.321 e. The zero-order chi connectivity index (χ0) is 16.1. The highest BCUT2D eigenvalue weighted by molar-refractivity contribution is 7.98. The molecule has 1 unspecified atom stereocenters. The maximum absolute atomic E-state index is 12.2. The number of carbonyl (C=O) groups excluding carboxylic acids is 1. The molecule has 2 heterocycles. The molecule has 1 fully saturated rings. The van der Waals surface area contributed by atoms with Gasteiger partial charge < -0.3 is 10.6 Å². The molecular weight excluding hydrogens is 308 g/mol. The van der Waals surface area contributed by atoms with Gasteiger partial charge in [-0.15, -0.1) is 11.8 Å². The molecule has 23 heavy (non-hydrogen) atoms. The fourth-order valence-corrected chi connectivity index (χ4v) is 3.03. The average Bonchev–Trinajstić information content (AvgIpc) is 2.63. The van der Waals surface area contributed by atoms with E-state index in [0.717, 1.165) is 23.8 Å². The van der Waals surface area contributed by atoms with Crippen LogP contribution in [-0.2, 0) is 0 Å². The van der Waals surface area contributed by atoms with E-state index in [9.17, 15) is 4.79 Å². The van der Waals surface area contributed by atoms with E-state index in [2.05, 4.69) is 32.7 Å². The zero-order valence-electron chi connectivity index (χ0n) is 13.1. The van der Waals surface area contributed by atoms with Crippen molar-refractivity contribution >= 4 is 23.4 Å². The van der Waals surface area contributed by atoms with Crippen molar-refractivity contribution in [3.63, 3.8) is 0 Å². The van der Waals surface area contributed by atoms with Crippen molar-refractivity contribution in [3.05, 3.63) is 47.9 Å². The van der Waals surface area contributed by atoms with Crippen LogP contribution in [0, 0.1) is 0 Å². The monoisotopic (exact) mass is 328 g/mol. The van der Waals surface area contributed by atoms with Crippen LogP contribution in [-0.4, -0.2) is 35.2 Å². The molecule has 1 aliphatic rings. The third kappa shape index (κ3) is 4.09. The van der Waals surface area contributed by atoms with Crippen LogP contribution in [0.15, 0.2) is 41.7 Å². The number of hydrogen-bond donors (Lipinski definition) is 2. The standard InChI is InChI=1S/C17H20N4OS/c1-23-16-11-19-15(10-20-16)17(22)21-14-6-4-12(5-7-14)13-3-2-8-18-9-13/h4-7,10-11,13,18H,2-3,8-9H2,1H3,(H,21,22). The predicted molar refractivity (Wildman–Crippen MR) is 93.1 cm³/mol. The lowest BCUT2D eigenvalue weighted by atomic mass is 9.92. The smallest absolute Gasteiger partial charge is 0.275 e. The Morgan fingerprint density at radius 2 is 2.09 bits per heavy atom. The van der Waals surface area contributed by atoms with Gasteiger partial charge in [-0.25, -0.2) is 9.97 Å². The molecule has 0 aliphatic carbocycles. The Morgan fingerprint density at radius 3 is 2.70 bits per heavy atom. The van der Waals surface area contributed by atoms with Gasteiger partial charge in [0.15, 0.2) is 0 Å². The van der Waals surface area contributed by atoms with Gasteiger partial charge in [-0.3, -0.25) is 4.79 Å². The lowest BCUT2D eigenvalue weighted by molar-refractivity contribution is 0.102. The van der Waals surface area contributed by atoms with Crippen molar-refractivity contribution in [1.29, 1.82) is 0 Å². The first kappa shape index (κ1) is 16.0. The van der Waals surface area contributed by atoms with Crippen molar-refractivity contribution in [3.8, 4) is 0 Å². The molecule has 1 saturated heterocycles. The molecule has 1 amide bonds. The number of carbonyl (C=O) groups is 1.